The van der Waals surface area contributed by atoms with Crippen LogP contribution in [0.2, 0.25) is 0 Å². The second-order valence-corrected chi connectivity index (χ2v) is 11.2. The van der Waals surface area contributed by atoms with Gasteiger partial charge in [0, 0.05) is 52.4 Å². The van der Waals surface area contributed by atoms with Gasteiger partial charge in [0.05, 0.1) is 24.3 Å². The van der Waals surface area contributed by atoms with Gasteiger partial charge in [0.2, 0.25) is 23.8 Å². The van der Waals surface area contributed by atoms with E-state index >= 15 is 0 Å². The zero-order valence-electron chi connectivity index (χ0n) is 25.8. The largest absolute Gasteiger partial charge is 0.492 e. The molecule has 7 N–H and O–H groups in total. The molecule has 2 fully saturated rings. The summed E-state index contributed by atoms with van der Waals surface area (Å²) < 4.78 is 5.85. The first-order valence-corrected chi connectivity index (χ1v) is 15.8. The van der Waals surface area contributed by atoms with E-state index in [1.807, 2.05) is 30.0 Å². The second-order valence-electron chi connectivity index (χ2n) is 11.2. The van der Waals surface area contributed by atoms with Gasteiger partial charge in [-0.2, -0.15) is 15.0 Å². The van der Waals surface area contributed by atoms with E-state index in [1.165, 1.54) is 0 Å². The molecule has 44 heavy (non-hydrogen) atoms. The first-order chi connectivity index (χ1) is 21.4. The molecule has 2 aliphatic heterocycles. The molecular weight excluding hydrogens is 564 g/mol. The molecule has 4 rings (SSSR count). The average Bonchev–Trinajstić information content (AvgIpc) is 3.05. The van der Waals surface area contributed by atoms with E-state index < -0.39 is 12.0 Å². The number of nitrogens with two attached hydrogens (primary N) is 2. The number of carboxylic acid groups (broad SMARTS) is 1. The number of benzene rings is 1. The van der Waals surface area contributed by atoms with Crippen LogP contribution in [-0.4, -0.2) is 103 Å². The number of amides is 1. The number of para-hydroxylation sites is 2. The Morgan fingerprint density at radius 2 is 1.59 bits per heavy atom. The molecule has 0 saturated carbocycles. The maximum atomic E-state index is 12.1. The summed E-state index contributed by atoms with van der Waals surface area (Å²) in [5, 5.41) is 15.7. The molecule has 1 amide bonds. The average molecular weight is 613 g/mol. The molecule has 1 aromatic carbocycles. The van der Waals surface area contributed by atoms with Gasteiger partial charge in [0.25, 0.3) is 0 Å². The minimum atomic E-state index is -0.749. The number of anilines is 4. The van der Waals surface area contributed by atoms with E-state index in [0.717, 1.165) is 56.9 Å². The lowest BCUT2D eigenvalue weighted by molar-refractivity contribution is -0.142. The Labute approximate surface area is 259 Å². The molecule has 14 heteroatoms. The highest BCUT2D eigenvalue weighted by atomic mass is 16.5. The Hall–Kier alpha value is -3.91. The summed E-state index contributed by atoms with van der Waals surface area (Å²) in [5.41, 5.74) is 12.5. The number of carbonyl (C=O) groups is 2. The van der Waals surface area contributed by atoms with Gasteiger partial charge in [-0.15, -0.1) is 0 Å². The number of piperazine rings is 1. The van der Waals surface area contributed by atoms with Crippen molar-refractivity contribution in [2.45, 2.75) is 51.5 Å². The van der Waals surface area contributed by atoms with Crippen molar-refractivity contribution >= 4 is 35.4 Å². The van der Waals surface area contributed by atoms with Crippen LogP contribution in [0.4, 0.5) is 23.5 Å². The van der Waals surface area contributed by atoms with Crippen LogP contribution in [0.1, 0.15) is 45.4 Å². The summed E-state index contributed by atoms with van der Waals surface area (Å²) in [6.07, 6.45) is 4.00. The van der Waals surface area contributed by atoms with Gasteiger partial charge in [-0.05, 0) is 64.1 Å². The third-order valence-corrected chi connectivity index (χ3v) is 8.05. The van der Waals surface area contributed by atoms with Crippen molar-refractivity contribution in [2.75, 3.05) is 85.5 Å². The van der Waals surface area contributed by atoms with Crippen molar-refractivity contribution in [2.24, 2.45) is 17.4 Å². The summed E-state index contributed by atoms with van der Waals surface area (Å²) >= 11 is 0. The van der Waals surface area contributed by atoms with E-state index in [-0.39, 0.29) is 11.8 Å². The molecule has 0 spiro atoms. The van der Waals surface area contributed by atoms with E-state index in [9.17, 15) is 14.7 Å². The maximum Gasteiger partial charge on any atom is 0.306 e. The van der Waals surface area contributed by atoms with Crippen LogP contribution >= 0.6 is 0 Å². The molecule has 14 nitrogen and oxygen atoms in total. The summed E-state index contributed by atoms with van der Waals surface area (Å²) in [5.74, 6) is 1.30. The third-order valence-electron chi connectivity index (χ3n) is 8.05. The fourth-order valence-electron chi connectivity index (χ4n) is 5.45. The Morgan fingerprint density at radius 1 is 0.955 bits per heavy atom. The van der Waals surface area contributed by atoms with Crippen LogP contribution in [0.15, 0.2) is 24.3 Å². The molecule has 3 heterocycles. The second kappa shape index (κ2) is 16.8. The summed E-state index contributed by atoms with van der Waals surface area (Å²) in [6, 6.07) is 7.58. The third kappa shape index (κ3) is 9.29. The van der Waals surface area contributed by atoms with Gasteiger partial charge < -0.3 is 46.6 Å². The highest BCUT2D eigenvalue weighted by Crippen LogP contribution is 2.30. The lowest BCUT2D eigenvalue weighted by Crippen LogP contribution is -2.47. The molecule has 242 valence electrons. The number of ether oxygens (including phenoxy) is 1. The number of unbranched alkanes of at least 4 members (excludes halogenated alkanes) is 1. The normalized spacial score (nSPS) is 16.5. The van der Waals surface area contributed by atoms with Gasteiger partial charge in [-0.25, -0.2) is 0 Å². The van der Waals surface area contributed by atoms with E-state index in [0.29, 0.717) is 76.4 Å². The minimum Gasteiger partial charge on any atom is -0.492 e. The molecule has 0 radical (unpaired) electrons. The monoisotopic (exact) mass is 612 g/mol. The zero-order chi connectivity index (χ0) is 31.3. The smallest absolute Gasteiger partial charge is 0.306 e. The zero-order valence-corrected chi connectivity index (χ0v) is 25.8. The summed E-state index contributed by atoms with van der Waals surface area (Å²) in [4.78, 5) is 44.5. The van der Waals surface area contributed by atoms with E-state index in [2.05, 4.69) is 26.5 Å². The first-order valence-electron chi connectivity index (χ1n) is 15.8. The van der Waals surface area contributed by atoms with E-state index in [1.54, 1.807) is 0 Å². The number of carboxylic acids is 1. The van der Waals surface area contributed by atoms with Crippen molar-refractivity contribution in [3.05, 3.63) is 24.3 Å². The van der Waals surface area contributed by atoms with Crippen molar-refractivity contribution in [1.29, 1.82) is 0 Å². The Balaban J connectivity index is 1.37. The van der Waals surface area contributed by atoms with Gasteiger partial charge in [-0.1, -0.05) is 12.1 Å². The van der Waals surface area contributed by atoms with E-state index in [4.69, 9.17) is 31.2 Å². The van der Waals surface area contributed by atoms with Gasteiger partial charge in [0.1, 0.15) is 5.75 Å². The summed E-state index contributed by atoms with van der Waals surface area (Å²) in [7, 11) is 0. The molecule has 2 aliphatic rings. The van der Waals surface area contributed by atoms with Crippen molar-refractivity contribution in [3.63, 3.8) is 0 Å². The molecule has 0 bridgehead atoms. The van der Waals surface area contributed by atoms with Crippen molar-refractivity contribution < 1.29 is 19.4 Å². The van der Waals surface area contributed by atoms with Crippen molar-refractivity contribution in [1.82, 2.24) is 20.3 Å². The molecule has 2 aromatic rings. The number of hydrogen-bond acceptors (Lipinski definition) is 12. The SMILES string of the molecule is CCOc1ccccc1N1CCN(c2nc(NCCCCNC(=O)[C@@H](N)CCCN)nc(N3CCC(C(=O)O)CC3)n2)CC1. The molecule has 0 aliphatic carbocycles. The lowest BCUT2D eigenvalue weighted by atomic mass is 9.97. The van der Waals surface area contributed by atoms with Crippen LogP contribution in [0.3, 0.4) is 0 Å². The predicted molar refractivity (Wildman–Crippen MR) is 171 cm³/mol. The van der Waals surface area contributed by atoms with Crippen LogP contribution in [0, 0.1) is 5.92 Å². The van der Waals surface area contributed by atoms with Gasteiger partial charge in [0.15, 0.2) is 0 Å². The highest BCUT2D eigenvalue weighted by molar-refractivity contribution is 5.81. The van der Waals surface area contributed by atoms with Crippen LogP contribution < -0.4 is 41.5 Å². The van der Waals surface area contributed by atoms with Crippen LogP contribution in [0.25, 0.3) is 0 Å². The number of hydrogen-bond donors (Lipinski definition) is 5. The number of nitrogens with zero attached hydrogens (tertiary/aromatic N) is 6. The molecule has 1 aromatic heterocycles. The van der Waals surface area contributed by atoms with Gasteiger partial charge >= 0.3 is 5.97 Å². The number of aliphatic carboxylic acids is 1. The van der Waals surface area contributed by atoms with Gasteiger partial charge in [-0.3, -0.25) is 9.59 Å². The Morgan fingerprint density at radius 3 is 2.25 bits per heavy atom. The Kier molecular flexibility index (Phi) is 12.6. The fraction of sp³-hybridized carbons (Fsp3) is 0.633. The topological polar surface area (TPSA) is 188 Å². The molecular formula is C30H48N10O4. The predicted octanol–water partition coefficient (Wildman–Crippen LogP) is 1.27. The maximum absolute atomic E-state index is 12.1. The van der Waals surface area contributed by atoms with Crippen LogP contribution in [-0.2, 0) is 9.59 Å². The number of piperidine rings is 1. The fourth-order valence-corrected chi connectivity index (χ4v) is 5.45. The summed E-state index contributed by atoms with van der Waals surface area (Å²) in [6.45, 7) is 8.50. The van der Waals surface area contributed by atoms with Crippen LogP contribution in [0.5, 0.6) is 5.75 Å². The molecule has 1 atom stereocenters. The Bertz CT molecular complexity index is 1200. The lowest BCUT2D eigenvalue weighted by Gasteiger charge is -2.37. The first kappa shape index (κ1) is 33.0. The number of rotatable bonds is 16. The quantitative estimate of drug-likeness (QED) is 0.171. The molecule has 0 unspecified atom stereocenters. The highest BCUT2D eigenvalue weighted by Gasteiger charge is 2.28. The van der Waals surface area contributed by atoms with Crippen molar-refractivity contribution in [3.8, 4) is 5.75 Å². The number of aromatic nitrogens is 3. The number of nitrogens with one attached hydrogen (secondary N) is 2. The standard InChI is InChI=1S/C30H48N10O4/c1-2-44-25-10-4-3-9-24(25)38-18-20-40(21-19-38)30-36-28(34-15-6-5-14-33-26(41)23(32)8-7-13-31)35-29(37-30)39-16-11-22(12-17-39)27(42)43/h3-4,9-10,22-23H,2,5-8,11-21,31-32H2,1H3,(H,33,41)(H,42,43)(H,34,35,36,37)/t23-/m0/s1. The molecule has 2 saturated heterocycles. The minimum absolute atomic E-state index is 0.147. The number of carbonyl (C=O) groups excluding carboxylic acids is 1.